The Bertz CT molecular complexity index is 1280. The van der Waals surface area contributed by atoms with Crippen molar-refractivity contribution in [3.8, 4) is 0 Å². The van der Waals surface area contributed by atoms with Crippen molar-refractivity contribution >= 4 is 50.7 Å². The zero-order valence-electron chi connectivity index (χ0n) is 17.1. The monoisotopic (exact) mass is 452 g/mol. The number of hydrogen-bond acceptors (Lipinski definition) is 4. The minimum atomic E-state index is -0.214. The zero-order chi connectivity index (χ0) is 22.0. The highest BCUT2D eigenvalue weighted by Crippen LogP contribution is 2.30. The highest BCUT2D eigenvalue weighted by molar-refractivity contribution is 7.20. The SMILES string of the molecule is CNC(=O)Cc1ccccc1NC(=O)c1cc2c(C)nn(Cc3ccccc3Cl)c2s1. The number of halogens is 1. The van der Waals surface area contributed by atoms with E-state index in [1.807, 2.05) is 60.1 Å². The van der Waals surface area contributed by atoms with Crippen molar-refractivity contribution in [2.75, 3.05) is 12.4 Å². The average Bonchev–Trinajstić information content (AvgIpc) is 3.32. The number of fused-ring (bicyclic) bond motifs is 1. The predicted molar refractivity (Wildman–Crippen MR) is 125 cm³/mol. The van der Waals surface area contributed by atoms with Gasteiger partial charge in [-0.05, 0) is 36.2 Å². The van der Waals surface area contributed by atoms with Crippen LogP contribution in [0, 0.1) is 6.92 Å². The van der Waals surface area contributed by atoms with E-state index in [-0.39, 0.29) is 18.2 Å². The minimum Gasteiger partial charge on any atom is -0.359 e. The molecule has 2 heterocycles. The van der Waals surface area contributed by atoms with Crippen LogP contribution in [0.15, 0.2) is 54.6 Å². The number of thiophene rings is 1. The van der Waals surface area contributed by atoms with E-state index in [4.69, 9.17) is 11.6 Å². The lowest BCUT2D eigenvalue weighted by molar-refractivity contribution is -0.119. The number of carbonyl (C=O) groups excluding carboxylic acids is 2. The van der Waals surface area contributed by atoms with E-state index < -0.39 is 0 Å². The summed E-state index contributed by atoms with van der Waals surface area (Å²) in [4.78, 5) is 26.3. The van der Waals surface area contributed by atoms with E-state index in [0.717, 1.165) is 27.0 Å². The highest BCUT2D eigenvalue weighted by atomic mass is 35.5. The maximum absolute atomic E-state index is 13.0. The van der Waals surface area contributed by atoms with Crippen molar-refractivity contribution in [2.45, 2.75) is 19.9 Å². The fourth-order valence-corrected chi connectivity index (χ4v) is 4.61. The second kappa shape index (κ2) is 8.91. The van der Waals surface area contributed by atoms with E-state index in [9.17, 15) is 9.59 Å². The Hall–Kier alpha value is -3.16. The van der Waals surface area contributed by atoms with Crippen LogP contribution < -0.4 is 10.6 Å². The van der Waals surface area contributed by atoms with E-state index in [1.54, 1.807) is 13.1 Å². The molecular weight excluding hydrogens is 432 g/mol. The maximum Gasteiger partial charge on any atom is 0.265 e. The summed E-state index contributed by atoms with van der Waals surface area (Å²) in [5.41, 5.74) is 3.22. The van der Waals surface area contributed by atoms with Gasteiger partial charge in [0.15, 0.2) is 0 Å². The Kier molecular flexibility index (Phi) is 6.06. The van der Waals surface area contributed by atoms with Gasteiger partial charge in [0.25, 0.3) is 5.91 Å². The molecule has 0 fully saturated rings. The molecule has 0 spiro atoms. The number of anilines is 1. The Morgan fingerprint density at radius 3 is 2.55 bits per heavy atom. The Labute approximate surface area is 188 Å². The molecule has 2 aromatic heterocycles. The predicted octanol–water partition coefficient (Wildman–Crippen LogP) is 4.65. The summed E-state index contributed by atoms with van der Waals surface area (Å²) in [6, 6.07) is 16.8. The molecule has 4 aromatic rings. The van der Waals surface area contributed by atoms with Gasteiger partial charge in [0.1, 0.15) is 4.83 Å². The molecule has 0 bridgehead atoms. The van der Waals surface area contributed by atoms with Gasteiger partial charge in [0, 0.05) is 23.1 Å². The van der Waals surface area contributed by atoms with Gasteiger partial charge >= 0.3 is 0 Å². The first-order chi connectivity index (χ1) is 15.0. The van der Waals surface area contributed by atoms with E-state index in [1.165, 1.54) is 11.3 Å². The quantitative estimate of drug-likeness (QED) is 0.447. The second-order valence-electron chi connectivity index (χ2n) is 7.13. The Morgan fingerprint density at radius 1 is 1.10 bits per heavy atom. The maximum atomic E-state index is 13.0. The standard InChI is InChI=1S/C23H21ClN4O2S/c1-14-17-12-20(22(30)26-19-10-6-4-7-15(19)11-21(29)25-2)31-23(17)28(27-14)13-16-8-3-5-9-18(16)24/h3-10,12H,11,13H2,1-2H3,(H,25,29)(H,26,30). The van der Waals surface area contributed by atoms with Gasteiger partial charge in [-0.15, -0.1) is 11.3 Å². The molecular formula is C23H21ClN4O2S. The molecule has 0 aliphatic carbocycles. The number of aromatic nitrogens is 2. The van der Waals surface area contributed by atoms with Gasteiger partial charge in [0.05, 0.1) is 23.5 Å². The largest absolute Gasteiger partial charge is 0.359 e. The molecule has 0 saturated carbocycles. The first-order valence-electron chi connectivity index (χ1n) is 9.76. The molecule has 158 valence electrons. The summed E-state index contributed by atoms with van der Waals surface area (Å²) in [5, 5.41) is 11.8. The number of rotatable bonds is 6. The van der Waals surface area contributed by atoms with Crippen LogP contribution in [-0.4, -0.2) is 28.6 Å². The van der Waals surface area contributed by atoms with Gasteiger partial charge < -0.3 is 10.6 Å². The molecule has 0 atom stereocenters. The molecule has 0 unspecified atom stereocenters. The van der Waals surface area contributed by atoms with Crippen LogP contribution in [0.4, 0.5) is 5.69 Å². The summed E-state index contributed by atoms with van der Waals surface area (Å²) in [7, 11) is 1.59. The smallest absolute Gasteiger partial charge is 0.265 e. The van der Waals surface area contributed by atoms with Crippen LogP contribution in [0.25, 0.3) is 10.2 Å². The van der Waals surface area contributed by atoms with Crippen LogP contribution in [0.2, 0.25) is 5.02 Å². The first-order valence-corrected chi connectivity index (χ1v) is 11.0. The van der Waals surface area contributed by atoms with Crippen LogP contribution in [0.3, 0.4) is 0 Å². The third kappa shape index (κ3) is 4.47. The van der Waals surface area contributed by atoms with Crippen LogP contribution >= 0.6 is 22.9 Å². The van der Waals surface area contributed by atoms with Gasteiger partial charge in [-0.25, -0.2) is 0 Å². The fraction of sp³-hybridized carbons (Fsp3) is 0.174. The number of benzene rings is 2. The van der Waals surface area contributed by atoms with Gasteiger partial charge in [0.2, 0.25) is 5.91 Å². The summed E-state index contributed by atoms with van der Waals surface area (Å²) < 4.78 is 1.88. The van der Waals surface area contributed by atoms with Crippen LogP contribution in [-0.2, 0) is 17.8 Å². The van der Waals surface area contributed by atoms with Crippen molar-refractivity contribution in [3.63, 3.8) is 0 Å². The third-order valence-electron chi connectivity index (χ3n) is 5.00. The lowest BCUT2D eigenvalue weighted by Gasteiger charge is -2.10. The second-order valence-corrected chi connectivity index (χ2v) is 8.56. The number of hydrogen-bond donors (Lipinski definition) is 2. The van der Waals surface area contributed by atoms with Crippen molar-refractivity contribution < 1.29 is 9.59 Å². The van der Waals surface area contributed by atoms with Crippen molar-refractivity contribution in [2.24, 2.45) is 0 Å². The number of carbonyl (C=O) groups is 2. The zero-order valence-corrected chi connectivity index (χ0v) is 18.7. The van der Waals surface area contributed by atoms with Gasteiger partial charge in [-0.1, -0.05) is 48.0 Å². The summed E-state index contributed by atoms with van der Waals surface area (Å²) in [6.45, 7) is 2.46. The molecule has 2 aromatic carbocycles. The normalized spacial score (nSPS) is 10.9. The van der Waals surface area contributed by atoms with Gasteiger partial charge in [-0.3, -0.25) is 14.3 Å². The third-order valence-corrected chi connectivity index (χ3v) is 6.52. The molecule has 4 rings (SSSR count). The molecule has 2 N–H and O–H groups in total. The fourth-order valence-electron chi connectivity index (χ4n) is 3.36. The number of para-hydroxylation sites is 1. The van der Waals surface area contributed by atoms with Gasteiger partial charge in [-0.2, -0.15) is 5.10 Å². The number of aryl methyl sites for hydroxylation is 1. The van der Waals surface area contributed by atoms with Crippen molar-refractivity contribution in [1.82, 2.24) is 15.1 Å². The minimum absolute atomic E-state index is 0.112. The summed E-state index contributed by atoms with van der Waals surface area (Å²) in [6.07, 6.45) is 0.200. The lowest BCUT2D eigenvalue weighted by atomic mass is 10.1. The molecule has 2 amide bonds. The molecule has 0 radical (unpaired) electrons. The number of nitrogens with one attached hydrogen (secondary N) is 2. The summed E-state index contributed by atoms with van der Waals surface area (Å²) >= 11 is 7.70. The molecule has 8 heteroatoms. The Balaban J connectivity index is 1.60. The molecule has 0 aliphatic heterocycles. The van der Waals surface area contributed by atoms with E-state index >= 15 is 0 Å². The number of amides is 2. The number of nitrogens with zero attached hydrogens (tertiary/aromatic N) is 2. The van der Waals surface area contributed by atoms with E-state index in [0.29, 0.717) is 22.1 Å². The average molecular weight is 453 g/mol. The highest BCUT2D eigenvalue weighted by Gasteiger charge is 2.18. The molecule has 31 heavy (non-hydrogen) atoms. The molecule has 0 aliphatic rings. The van der Waals surface area contributed by atoms with Crippen molar-refractivity contribution in [3.05, 3.63) is 81.3 Å². The number of likely N-dealkylation sites (N-methyl/N-ethyl adjacent to an activating group) is 1. The van der Waals surface area contributed by atoms with Crippen molar-refractivity contribution in [1.29, 1.82) is 0 Å². The van der Waals surface area contributed by atoms with Crippen LogP contribution in [0.5, 0.6) is 0 Å². The Morgan fingerprint density at radius 2 is 1.81 bits per heavy atom. The first kappa shape index (κ1) is 21.1. The molecule has 6 nitrogen and oxygen atoms in total. The van der Waals surface area contributed by atoms with E-state index in [2.05, 4.69) is 15.7 Å². The summed E-state index contributed by atoms with van der Waals surface area (Å²) in [5.74, 6) is -0.326. The molecule has 0 saturated heterocycles. The van der Waals surface area contributed by atoms with Crippen LogP contribution in [0.1, 0.15) is 26.5 Å². The lowest BCUT2D eigenvalue weighted by Crippen LogP contribution is -2.21. The topological polar surface area (TPSA) is 76.0 Å².